The van der Waals surface area contributed by atoms with Crippen molar-refractivity contribution in [2.45, 2.75) is 26.3 Å². The molecular formula is C27H30N6O3. The van der Waals surface area contributed by atoms with Crippen LogP contribution in [0.25, 0.3) is 33.5 Å². The molecule has 0 bridgehead atoms. The summed E-state index contributed by atoms with van der Waals surface area (Å²) >= 11 is 0. The minimum absolute atomic E-state index is 0.0593. The zero-order valence-corrected chi connectivity index (χ0v) is 20.9. The lowest BCUT2D eigenvalue weighted by atomic mass is 9.99. The zero-order chi connectivity index (χ0) is 25.4. The molecule has 1 aliphatic heterocycles. The molecule has 36 heavy (non-hydrogen) atoms. The number of anilines is 1. The summed E-state index contributed by atoms with van der Waals surface area (Å²) in [5, 5.41) is 16.8. The van der Waals surface area contributed by atoms with E-state index in [4.69, 9.17) is 14.8 Å². The molecule has 1 aliphatic rings. The topological polar surface area (TPSA) is 107 Å². The van der Waals surface area contributed by atoms with E-state index in [1.807, 2.05) is 30.5 Å². The number of H-pyrrole nitrogens is 1. The van der Waals surface area contributed by atoms with Crippen molar-refractivity contribution in [2.24, 2.45) is 0 Å². The van der Waals surface area contributed by atoms with Crippen LogP contribution in [0.2, 0.25) is 0 Å². The molecule has 0 unspecified atom stereocenters. The van der Waals surface area contributed by atoms with Gasteiger partial charge in [-0.1, -0.05) is 18.2 Å². The Morgan fingerprint density at radius 1 is 1.25 bits per heavy atom. The summed E-state index contributed by atoms with van der Waals surface area (Å²) in [6.07, 6.45) is 2.65. The molecule has 4 aromatic rings. The van der Waals surface area contributed by atoms with E-state index >= 15 is 0 Å². The van der Waals surface area contributed by atoms with Gasteiger partial charge >= 0.3 is 0 Å². The Kier molecular flexibility index (Phi) is 6.32. The van der Waals surface area contributed by atoms with Gasteiger partial charge in [-0.2, -0.15) is 5.10 Å². The first kappa shape index (κ1) is 23.7. The average Bonchev–Trinajstić information content (AvgIpc) is 3.56. The highest BCUT2D eigenvalue weighted by molar-refractivity contribution is 5.93. The number of hydrogen-bond donors (Lipinski definition) is 2. The standard InChI is InChI=1S/C27H30N6O3/c1-16-6-5-7-20(17(16)2)26-22(36-4)12-21-27(29-26)25(31-30-21)18-8-9-23(28-13-18)33-11-10-19(14-33)32(3)24(35)15-34/h5-9,12-13,19,34H,10-11,14-15H2,1-4H3,(H,30,31)/t19-/m0/s1. The molecule has 0 aliphatic carbocycles. The van der Waals surface area contributed by atoms with E-state index in [9.17, 15) is 4.79 Å². The molecule has 0 radical (unpaired) electrons. The van der Waals surface area contributed by atoms with Crippen LogP contribution >= 0.6 is 0 Å². The van der Waals surface area contributed by atoms with Crippen LogP contribution in [0.3, 0.4) is 0 Å². The minimum atomic E-state index is -0.470. The number of ether oxygens (including phenoxy) is 1. The van der Waals surface area contributed by atoms with Crippen molar-refractivity contribution in [2.75, 3.05) is 38.8 Å². The number of aliphatic hydroxyl groups is 1. The number of nitrogens with zero attached hydrogens (tertiary/aromatic N) is 5. The van der Waals surface area contributed by atoms with Gasteiger partial charge in [-0.05, 0) is 43.5 Å². The SMILES string of the molecule is COc1cc2[nH]nc(-c3ccc(N4CC[C@H](N(C)C(=O)CO)C4)nc3)c2nc1-c1cccc(C)c1C. The summed E-state index contributed by atoms with van der Waals surface area (Å²) in [7, 11) is 3.39. The predicted molar refractivity (Wildman–Crippen MR) is 139 cm³/mol. The molecule has 1 atom stereocenters. The normalized spacial score (nSPS) is 15.5. The highest BCUT2D eigenvalue weighted by Crippen LogP contribution is 2.36. The first-order chi connectivity index (χ1) is 17.4. The predicted octanol–water partition coefficient (Wildman–Crippen LogP) is 3.34. The number of amides is 1. The van der Waals surface area contributed by atoms with Gasteiger partial charge in [-0.25, -0.2) is 9.97 Å². The summed E-state index contributed by atoms with van der Waals surface area (Å²) in [4.78, 5) is 25.3. The number of aryl methyl sites for hydroxylation is 1. The van der Waals surface area contributed by atoms with Crippen molar-refractivity contribution in [1.82, 2.24) is 25.1 Å². The number of carbonyl (C=O) groups excluding carboxylic acids is 1. The summed E-state index contributed by atoms with van der Waals surface area (Å²) in [5.74, 6) is 1.27. The van der Waals surface area contributed by atoms with Gasteiger partial charge < -0.3 is 19.6 Å². The lowest BCUT2D eigenvalue weighted by Gasteiger charge is -2.24. The van der Waals surface area contributed by atoms with Crippen molar-refractivity contribution >= 4 is 22.8 Å². The van der Waals surface area contributed by atoms with Gasteiger partial charge in [0.2, 0.25) is 5.91 Å². The molecule has 0 spiro atoms. The summed E-state index contributed by atoms with van der Waals surface area (Å²) in [5.41, 5.74) is 7.30. The second-order valence-corrected chi connectivity index (χ2v) is 9.21. The van der Waals surface area contributed by atoms with Crippen LogP contribution in [-0.2, 0) is 4.79 Å². The molecule has 3 aromatic heterocycles. The third-order valence-electron chi connectivity index (χ3n) is 7.16. The number of fused-ring (bicyclic) bond motifs is 1. The number of aliphatic hydroxyl groups excluding tert-OH is 1. The van der Waals surface area contributed by atoms with Gasteiger partial charge in [0.05, 0.1) is 18.7 Å². The molecular weight excluding hydrogens is 456 g/mol. The second kappa shape index (κ2) is 9.58. The Labute approximate surface area is 209 Å². The van der Waals surface area contributed by atoms with Crippen LogP contribution in [0.1, 0.15) is 17.5 Å². The number of pyridine rings is 2. The fraction of sp³-hybridized carbons (Fsp3) is 0.333. The van der Waals surface area contributed by atoms with Crippen molar-refractivity contribution in [1.29, 1.82) is 0 Å². The van der Waals surface area contributed by atoms with Crippen LogP contribution in [0.15, 0.2) is 42.6 Å². The Hall–Kier alpha value is -3.98. The van der Waals surface area contributed by atoms with Crippen molar-refractivity contribution in [3.63, 3.8) is 0 Å². The lowest BCUT2D eigenvalue weighted by molar-refractivity contribution is -0.134. The number of benzene rings is 1. The van der Waals surface area contributed by atoms with Gasteiger partial charge in [-0.3, -0.25) is 9.89 Å². The van der Waals surface area contributed by atoms with Gasteiger partial charge in [0.25, 0.3) is 0 Å². The van der Waals surface area contributed by atoms with Crippen LogP contribution in [0.5, 0.6) is 5.75 Å². The fourth-order valence-electron chi connectivity index (χ4n) is 4.78. The van der Waals surface area contributed by atoms with E-state index in [2.05, 4.69) is 46.1 Å². The van der Waals surface area contributed by atoms with Crippen molar-refractivity contribution < 1.29 is 14.6 Å². The molecule has 5 rings (SSSR count). The molecule has 1 aromatic carbocycles. The summed E-state index contributed by atoms with van der Waals surface area (Å²) in [6, 6.07) is 12.1. The molecule has 9 heteroatoms. The van der Waals surface area contributed by atoms with Gasteiger partial charge in [0, 0.05) is 43.5 Å². The van der Waals surface area contributed by atoms with E-state index in [0.29, 0.717) is 12.3 Å². The van der Waals surface area contributed by atoms with Gasteiger partial charge in [0.1, 0.15) is 35.1 Å². The maximum Gasteiger partial charge on any atom is 0.248 e. The Bertz CT molecular complexity index is 1420. The van der Waals surface area contributed by atoms with Gasteiger partial charge in [-0.15, -0.1) is 0 Å². The summed E-state index contributed by atoms with van der Waals surface area (Å²) in [6.45, 7) is 5.19. The van der Waals surface area contributed by atoms with Crippen molar-refractivity contribution in [3.05, 3.63) is 53.7 Å². The van der Waals surface area contributed by atoms with E-state index in [-0.39, 0.29) is 11.9 Å². The average molecular weight is 487 g/mol. The quantitative estimate of drug-likeness (QED) is 0.430. The number of aromatic amines is 1. The summed E-state index contributed by atoms with van der Waals surface area (Å²) < 4.78 is 5.67. The Balaban J connectivity index is 1.45. The van der Waals surface area contributed by atoms with Crippen LogP contribution in [0, 0.1) is 13.8 Å². The highest BCUT2D eigenvalue weighted by atomic mass is 16.5. The lowest BCUT2D eigenvalue weighted by Crippen LogP contribution is -2.40. The molecule has 0 saturated carbocycles. The molecule has 4 heterocycles. The molecule has 2 N–H and O–H groups in total. The first-order valence-electron chi connectivity index (χ1n) is 12.0. The maximum absolute atomic E-state index is 11.8. The Morgan fingerprint density at radius 3 is 2.81 bits per heavy atom. The first-order valence-corrected chi connectivity index (χ1v) is 12.0. The minimum Gasteiger partial charge on any atom is -0.494 e. The number of aromatic nitrogens is 4. The third-order valence-corrected chi connectivity index (χ3v) is 7.16. The molecule has 9 nitrogen and oxygen atoms in total. The van der Waals surface area contributed by atoms with Crippen molar-refractivity contribution in [3.8, 4) is 28.3 Å². The van der Waals surface area contributed by atoms with Gasteiger partial charge in [0.15, 0.2) is 0 Å². The Morgan fingerprint density at radius 2 is 2.08 bits per heavy atom. The number of nitrogens with one attached hydrogen (secondary N) is 1. The molecule has 1 amide bonds. The van der Waals surface area contributed by atoms with E-state index in [0.717, 1.165) is 57.9 Å². The monoisotopic (exact) mass is 486 g/mol. The number of carbonyl (C=O) groups is 1. The van der Waals surface area contributed by atoms with Crippen LogP contribution in [-0.4, -0.2) is 76.0 Å². The van der Waals surface area contributed by atoms with E-state index in [1.165, 1.54) is 5.56 Å². The molecule has 1 saturated heterocycles. The number of rotatable bonds is 6. The van der Waals surface area contributed by atoms with Crippen LogP contribution in [0.4, 0.5) is 5.82 Å². The smallest absolute Gasteiger partial charge is 0.248 e. The molecule has 1 fully saturated rings. The van der Waals surface area contributed by atoms with E-state index < -0.39 is 6.61 Å². The van der Waals surface area contributed by atoms with E-state index in [1.54, 1.807) is 19.1 Å². The molecule has 186 valence electrons. The highest BCUT2D eigenvalue weighted by Gasteiger charge is 2.29. The third kappa shape index (κ3) is 4.15. The number of likely N-dealkylation sites (N-methyl/N-ethyl adjacent to an activating group) is 1. The van der Waals surface area contributed by atoms with Crippen LogP contribution < -0.4 is 9.64 Å². The maximum atomic E-state index is 11.8. The number of hydrogen-bond acceptors (Lipinski definition) is 7. The zero-order valence-electron chi connectivity index (χ0n) is 20.9. The second-order valence-electron chi connectivity index (χ2n) is 9.21. The number of methoxy groups -OCH3 is 1. The fourth-order valence-corrected chi connectivity index (χ4v) is 4.78. The largest absolute Gasteiger partial charge is 0.494 e.